The van der Waals surface area contributed by atoms with Crippen molar-refractivity contribution in [3.05, 3.63) is 41.0 Å². The van der Waals surface area contributed by atoms with Crippen molar-refractivity contribution >= 4 is 17.5 Å². The minimum Gasteiger partial charge on any atom is -0.496 e. The molecule has 162 valence electrons. The van der Waals surface area contributed by atoms with Crippen molar-refractivity contribution in [2.24, 2.45) is 5.16 Å². The van der Waals surface area contributed by atoms with Gasteiger partial charge in [-0.25, -0.2) is 0 Å². The highest BCUT2D eigenvalue weighted by atomic mass is 16.7. The van der Waals surface area contributed by atoms with E-state index in [-0.39, 0.29) is 24.7 Å². The van der Waals surface area contributed by atoms with E-state index in [9.17, 15) is 9.59 Å². The summed E-state index contributed by atoms with van der Waals surface area (Å²) in [7, 11) is 4.42. The molecule has 0 radical (unpaired) electrons. The molecule has 1 heterocycles. The second kappa shape index (κ2) is 8.17. The summed E-state index contributed by atoms with van der Waals surface area (Å²) in [5.74, 6) is 1.00. The quantitative estimate of drug-likeness (QED) is 0.408. The van der Waals surface area contributed by atoms with E-state index in [1.54, 1.807) is 25.3 Å². The molecule has 9 nitrogen and oxygen atoms in total. The van der Waals surface area contributed by atoms with Gasteiger partial charge in [-0.15, -0.1) is 0 Å². The fraction of sp³-hybridized carbons (Fsp3) is 0.318. The lowest BCUT2D eigenvalue weighted by molar-refractivity contribution is -0.132. The molecule has 0 saturated carbocycles. The van der Waals surface area contributed by atoms with Crippen molar-refractivity contribution in [1.82, 2.24) is 0 Å². The second-order valence-corrected chi connectivity index (χ2v) is 6.93. The molecule has 1 aliphatic carbocycles. The first-order valence-electron chi connectivity index (χ1n) is 9.49. The first-order valence-corrected chi connectivity index (χ1v) is 9.49. The Hall–Kier alpha value is -3.75. The fourth-order valence-corrected chi connectivity index (χ4v) is 3.83. The zero-order chi connectivity index (χ0) is 22.1. The number of carbonyl (C=O) groups excluding carboxylic acids is 2. The summed E-state index contributed by atoms with van der Waals surface area (Å²) in [6.45, 7) is 1.39. The molecule has 31 heavy (non-hydrogen) atoms. The van der Waals surface area contributed by atoms with E-state index in [2.05, 4.69) is 5.16 Å². The largest absolute Gasteiger partial charge is 0.496 e. The van der Waals surface area contributed by atoms with Gasteiger partial charge in [0.25, 0.3) is 0 Å². The lowest BCUT2D eigenvalue weighted by Crippen LogP contribution is -2.27. The van der Waals surface area contributed by atoms with E-state index in [1.165, 1.54) is 27.2 Å². The summed E-state index contributed by atoms with van der Waals surface area (Å²) in [4.78, 5) is 29.7. The maximum atomic E-state index is 13.1. The number of esters is 1. The highest BCUT2D eigenvalue weighted by Crippen LogP contribution is 2.45. The number of ketones is 1. The van der Waals surface area contributed by atoms with Gasteiger partial charge < -0.3 is 28.5 Å². The Kier molecular flexibility index (Phi) is 5.41. The number of oxime groups is 1. The van der Waals surface area contributed by atoms with Gasteiger partial charge in [-0.1, -0.05) is 5.16 Å². The van der Waals surface area contributed by atoms with Crippen LogP contribution in [0.5, 0.6) is 28.7 Å². The monoisotopic (exact) mass is 427 g/mol. The molecule has 4 rings (SSSR count). The summed E-state index contributed by atoms with van der Waals surface area (Å²) in [6, 6.07) is 6.64. The first kappa shape index (κ1) is 20.5. The maximum Gasteiger partial charge on any atom is 0.308 e. The van der Waals surface area contributed by atoms with Crippen LogP contribution in [0, 0.1) is 0 Å². The molecule has 1 unspecified atom stereocenters. The first-order chi connectivity index (χ1) is 15.0. The van der Waals surface area contributed by atoms with E-state index in [0.29, 0.717) is 45.4 Å². The lowest BCUT2D eigenvalue weighted by atomic mass is 9.77. The Bertz CT molecular complexity index is 1090. The Morgan fingerprint density at radius 1 is 0.968 bits per heavy atom. The highest BCUT2D eigenvalue weighted by molar-refractivity contribution is 6.19. The minimum absolute atomic E-state index is 0.108. The Labute approximate surface area is 178 Å². The van der Waals surface area contributed by atoms with Gasteiger partial charge in [0.2, 0.25) is 6.79 Å². The molecule has 0 amide bonds. The second-order valence-electron chi connectivity index (χ2n) is 6.93. The summed E-state index contributed by atoms with van der Waals surface area (Å²) < 4.78 is 27.1. The van der Waals surface area contributed by atoms with Crippen molar-refractivity contribution in [2.75, 3.05) is 28.1 Å². The molecule has 0 saturated heterocycles. The topological polar surface area (TPSA) is 102 Å². The van der Waals surface area contributed by atoms with Crippen molar-refractivity contribution in [1.29, 1.82) is 0 Å². The highest BCUT2D eigenvalue weighted by Gasteiger charge is 2.37. The number of rotatable bonds is 5. The zero-order valence-corrected chi connectivity index (χ0v) is 17.5. The van der Waals surface area contributed by atoms with Crippen LogP contribution in [0.3, 0.4) is 0 Å². The molecule has 0 fully saturated rings. The van der Waals surface area contributed by atoms with Gasteiger partial charge in [0.1, 0.15) is 12.9 Å². The molecule has 9 heteroatoms. The normalized spacial score (nSPS) is 17.9. The lowest BCUT2D eigenvalue weighted by Gasteiger charge is -2.27. The molecule has 2 aliphatic rings. The summed E-state index contributed by atoms with van der Waals surface area (Å²) in [5, 5.41) is 4.23. The van der Waals surface area contributed by atoms with Gasteiger partial charge in [-0.3, -0.25) is 9.59 Å². The van der Waals surface area contributed by atoms with Crippen LogP contribution >= 0.6 is 0 Å². The van der Waals surface area contributed by atoms with Crippen molar-refractivity contribution in [3.63, 3.8) is 0 Å². The number of hydrogen-bond acceptors (Lipinski definition) is 9. The predicted molar refractivity (Wildman–Crippen MR) is 109 cm³/mol. The van der Waals surface area contributed by atoms with Gasteiger partial charge in [0.05, 0.1) is 19.9 Å². The van der Waals surface area contributed by atoms with Crippen LogP contribution in [0.15, 0.2) is 29.4 Å². The summed E-state index contributed by atoms with van der Waals surface area (Å²) in [6.07, 6.45) is 0.108. The van der Waals surface area contributed by atoms with Crippen LogP contribution in [-0.4, -0.2) is 45.6 Å². The van der Waals surface area contributed by atoms with Gasteiger partial charge in [0, 0.05) is 42.0 Å². The van der Waals surface area contributed by atoms with Crippen molar-refractivity contribution in [3.8, 4) is 28.7 Å². The van der Waals surface area contributed by atoms with Gasteiger partial charge in [-0.2, -0.15) is 0 Å². The van der Waals surface area contributed by atoms with Crippen LogP contribution in [0.4, 0.5) is 0 Å². The van der Waals surface area contributed by atoms with Crippen LogP contribution in [0.25, 0.3) is 0 Å². The maximum absolute atomic E-state index is 13.1. The minimum atomic E-state index is -0.518. The van der Waals surface area contributed by atoms with E-state index >= 15 is 0 Å². The van der Waals surface area contributed by atoms with E-state index in [1.807, 2.05) is 0 Å². The number of methoxy groups -OCH3 is 2. The third kappa shape index (κ3) is 3.63. The van der Waals surface area contributed by atoms with E-state index < -0.39 is 11.9 Å². The number of Topliss-reactive ketones (excluding diaryl/α,β-unsaturated/α-hetero) is 1. The molecule has 2 aromatic carbocycles. The third-order valence-corrected chi connectivity index (χ3v) is 5.14. The number of benzene rings is 2. The van der Waals surface area contributed by atoms with Crippen LogP contribution in [0.2, 0.25) is 0 Å². The molecule has 1 atom stereocenters. The molecule has 0 bridgehead atoms. The molecule has 2 aromatic rings. The predicted octanol–water partition coefficient (Wildman–Crippen LogP) is 3.08. The number of hydrogen-bond donors (Lipinski definition) is 0. The Morgan fingerprint density at radius 2 is 1.65 bits per heavy atom. The molecular weight excluding hydrogens is 406 g/mol. The van der Waals surface area contributed by atoms with Gasteiger partial charge in [-0.05, 0) is 18.2 Å². The van der Waals surface area contributed by atoms with E-state index in [4.69, 9.17) is 28.5 Å². The Balaban J connectivity index is 1.87. The SMILES string of the molecule is CON=C1c2cc(OC)c(OC(C)=O)cc2C(=O)CC1c1cc2c(cc1OC)OCO2. The number of nitrogens with zero attached hydrogens (tertiary/aromatic N) is 1. The average molecular weight is 427 g/mol. The smallest absolute Gasteiger partial charge is 0.308 e. The molecular formula is C22H21NO8. The average Bonchev–Trinajstić information content (AvgIpc) is 3.21. The van der Waals surface area contributed by atoms with Crippen molar-refractivity contribution in [2.45, 2.75) is 19.3 Å². The van der Waals surface area contributed by atoms with Crippen molar-refractivity contribution < 1.29 is 38.1 Å². The van der Waals surface area contributed by atoms with Gasteiger partial charge in [0.15, 0.2) is 28.8 Å². The standard InChI is InChI=1S/C22H21NO8/c1-11(24)31-21-6-12-15(8-18(21)27-3)22(23-28-4)14(5-16(12)25)13-7-19-20(30-10-29-19)9-17(13)26-2/h6-9,14H,5,10H2,1-4H3. The van der Waals surface area contributed by atoms with Crippen LogP contribution in [0.1, 0.15) is 40.7 Å². The van der Waals surface area contributed by atoms with Crippen LogP contribution < -0.4 is 23.7 Å². The molecule has 0 aromatic heterocycles. The number of carbonyl (C=O) groups is 2. The van der Waals surface area contributed by atoms with Gasteiger partial charge >= 0.3 is 5.97 Å². The third-order valence-electron chi connectivity index (χ3n) is 5.14. The van der Waals surface area contributed by atoms with E-state index in [0.717, 1.165) is 0 Å². The van der Waals surface area contributed by atoms with Crippen LogP contribution in [-0.2, 0) is 9.63 Å². The summed E-state index contributed by atoms with van der Waals surface area (Å²) >= 11 is 0. The number of ether oxygens (including phenoxy) is 5. The molecule has 0 spiro atoms. The molecule has 0 N–H and O–H groups in total. The Morgan fingerprint density at radius 3 is 2.29 bits per heavy atom. The summed E-state index contributed by atoms with van der Waals surface area (Å²) in [5.41, 5.74) is 2.12. The molecule has 1 aliphatic heterocycles. The zero-order valence-electron chi connectivity index (χ0n) is 17.5. The number of fused-ring (bicyclic) bond motifs is 2. The fourth-order valence-electron chi connectivity index (χ4n) is 3.83.